The zero-order chi connectivity index (χ0) is 21.3. The van der Waals surface area contributed by atoms with Crippen molar-refractivity contribution >= 4 is 34.3 Å². The minimum atomic E-state index is -1.20. The lowest BCUT2D eigenvalue weighted by atomic mass is 9.89. The quantitative estimate of drug-likeness (QED) is 0.762. The van der Waals surface area contributed by atoms with Crippen molar-refractivity contribution in [1.29, 1.82) is 0 Å². The van der Waals surface area contributed by atoms with Crippen LogP contribution in [-0.4, -0.2) is 51.7 Å². The maximum atomic E-state index is 13.2. The number of nitrogens with zero attached hydrogens (tertiary/aromatic N) is 1. The first-order valence-electron chi connectivity index (χ1n) is 9.95. The average Bonchev–Trinajstić information content (AvgIpc) is 2.73. The number of hydrogen-bond donors (Lipinski definition) is 2. The van der Waals surface area contributed by atoms with E-state index in [2.05, 4.69) is 5.32 Å². The highest BCUT2D eigenvalue weighted by atomic mass is 16.4. The van der Waals surface area contributed by atoms with Gasteiger partial charge in [-0.05, 0) is 35.7 Å². The molecule has 2 aliphatic rings. The van der Waals surface area contributed by atoms with Crippen molar-refractivity contribution in [1.82, 2.24) is 10.2 Å². The average molecular weight is 406 g/mol. The van der Waals surface area contributed by atoms with Crippen LogP contribution in [0.25, 0.3) is 10.8 Å². The molecule has 0 spiro atoms. The third-order valence-corrected chi connectivity index (χ3v) is 5.71. The van der Waals surface area contributed by atoms with Gasteiger partial charge in [0.1, 0.15) is 17.9 Å². The summed E-state index contributed by atoms with van der Waals surface area (Å²) in [5.41, 5.74) is 0.424. The Bertz CT molecular complexity index is 1060. The van der Waals surface area contributed by atoms with Gasteiger partial charge in [0.05, 0.1) is 0 Å². The van der Waals surface area contributed by atoms with Crippen molar-refractivity contribution < 1.29 is 24.3 Å². The molecule has 1 saturated heterocycles. The van der Waals surface area contributed by atoms with Crippen molar-refractivity contribution in [3.63, 3.8) is 0 Å². The molecule has 2 N–H and O–H groups in total. The fourth-order valence-corrected chi connectivity index (χ4v) is 4.21. The van der Waals surface area contributed by atoms with E-state index in [0.29, 0.717) is 12.0 Å². The summed E-state index contributed by atoms with van der Waals surface area (Å²) in [6.07, 6.45) is 4.26. The standard InChI is InChI=1S/C23H22N2O5/c26-18-12-17-7-3-4-8-19(22(28)25(17)20(13-18)23(29)30)24-21(27)16-10-9-14-5-1-2-6-15(14)11-16/h1-6,9-11,17,19-20H,7-8,12-13H2,(H,24,27)(H,29,30)/b4-3-/t17-,19-,20-/m0/s1. The smallest absolute Gasteiger partial charge is 0.326 e. The van der Waals surface area contributed by atoms with Crippen LogP contribution in [0.1, 0.15) is 36.0 Å². The van der Waals surface area contributed by atoms with Gasteiger partial charge in [0.2, 0.25) is 5.91 Å². The molecule has 0 unspecified atom stereocenters. The predicted octanol–water partition coefficient (Wildman–Crippen LogP) is 2.30. The third-order valence-electron chi connectivity index (χ3n) is 5.71. The van der Waals surface area contributed by atoms with Gasteiger partial charge in [-0.3, -0.25) is 14.4 Å². The number of ketones is 1. The molecule has 7 nitrogen and oxygen atoms in total. The second-order valence-corrected chi connectivity index (χ2v) is 7.73. The molecule has 30 heavy (non-hydrogen) atoms. The minimum Gasteiger partial charge on any atom is -0.480 e. The zero-order valence-electron chi connectivity index (χ0n) is 16.3. The molecule has 2 amide bonds. The van der Waals surface area contributed by atoms with E-state index in [-0.39, 0.29) is 25.0 Å². The number of carboxylic acids is 1. The first kappa shape index (κ1) is 19.8. The lowest BCUT2D eigenvalue weighted by Gasteiger charge is -2.41. The van der Waals surface area contributed by atoms with Gasteiger partial charge in [0.15, 0.2) is 0 Å². The van der Waals surface area contributed by atoms with Gasteiger partial charge in [0.25, 0.3) is 5.91 Å². The number of nitrogens with one attached hydrogen (secondary N) is 1. The van der Waals surface area contributed by atoms with Crippen LogP contribution in [0.4, 0.5) is 0 Å². The van der Waals surface area contributed by atoms with Crippen molar-refractivity contribution in [3.05, 3.63) is 60.2 Å². The number of Topliss-reactive ketones (excluding diaryl/α,β-unsaturated/α-hetero) is 1. The Morgan fingerprint density at radius 2 is 1.70 bits per heavy atom. The van der Waals surface area contributed by atoms with E-state index in [1.165, 1.54) is 4.90 Å². The number of carbonyl (C=O) groups excluding carboxylic acids is 3. The normalized spacial score (nSPS) is 25.2. The number of fused-ring (bicyclic) bond motifs is 2. The molecule has 2 heterocycles. The summed E-state index contributed by atoms with van der Waals surface area (Å²) in [4.78, 5) is 51.1. The number of carboxylic acid groups (broad SMARTS) is 1. The Morgan fingerprint density at radius 1 is 0.967 bits per heavy atom. The number of carbonyl (C=O) groups is 4. The molecular formula is C23H22N2O5. The Morgan fingerprint density at radius 3 is 2.47 bits per heavy atom. The molecule has 4 rings (SSSR count). The molecular weight excluding hydrogens is 384 g/mol. The summed E-state index contributed by atoms with van der Waals surface area (Å²) >= 11 is 0. The van der Waals surface area contributed by atoms with Crippen LogP contribution in [0.5, 0.6) is 0 Å². The Balaban J connectivity index is 1.59. The molecule has 0 bridgehead atoms. The van der Waals surface area contributed by atoms with Gasteiger partial charge in [-0.15, -0.1) is 0 Å². The van der Waals surface area contributed by atoms with E-state index in [4.69, 9.17) is 0 Å². The fraction of sp³-hybridized carbons (Fsp3) is 0.304. The monoisotopic (exact) mass is 406 g/mol. The van der Waals surface area contributed by atoms with Crippen LogP contribution < -0.4 is 5.32 Å². The highest BCUT2D eigenvalue weighted by Crippen LogP contribution is 2.27. The van der Waals surface area contributed by atoms with Crippen LogP contribution in [0.15, 0.2) is 54.6 Å². The number of aliphatic carboxylic acids is 1. The summed E-state index contributed by atoms with van der Waals surface area (Å²) in [5, 5.41) is 14.2. The molecule has 154 valence electrons. The van der Waals surface area contributed by atoms with Gasteiger partial charge >= 0.3 is 5.97 Å². The SMILES string of the molecule is O=C1C[C@@H]2C/C=C\C[C@H](NC(=O)c3ccc4ccccc4c3)C(=O)N2[C@H](C(=O)O)C1. The van der Waals surface area contributed by atoms with Gasteiger partial charge in [0, 0.05) is 24.4 Å². The van der Waals surface area contributed by atoms with Crippen LogP contribution in [0, 0.1) is 0 Å². The summed E-state index contributed by atoms with van der Waals surface area (Å²) in [5.74, 6) is -2.23. The minimum absolute atomic E-state index is 0.130. The number of hydrogen-bond acceptors (Lipinski definition) is 4. The fourth-order valence-electron chi connectivity index (χ4n) is 4.21. The zero-order valence-corrected chi connectivity index (χ0v) is 16.3. The lowest BCUT2D eigenvalue weighted by molar-refractivity contribution is -0.158. The molecule has 0 saturated carbocycles. The molecule has 0 radical (unpaired) electrons. The topological polar surface area (TPSA) is 104 Å². The largest absolute Gasteiger partial charge is 0.480 e. The molecule has 2 aromatic carbocycles. The highest BCUT2D eigenvalue weighted by Gasteiger charge is 2.43. The number of piperidine rings is 1. The first-order valence-corrected chi connectivity index (χ1v) is 9.95. The number of rotatable bonds is 3. The molecule has 3 atom stereocenters. The van der Waals surface area contributed by atoms with Gasteiger partial charge in [-0.25, -0.2) is 4.79 Å². The second-order valence-electron chi connectivity index (χ2n) is 7.73. The van der Waals surface area contributed by atoms with Gasteiger partial charge in [-0.1, -0.05) is 42.5 Å². The van der Waals surface area contributed by atoms with Crippen LogP contribution in [0.2, 0.25) is 0 Å². The second kappa shape index (κ2) is 8.10. The van der Waals surface area contributed by atoms with E-state index < -0.39 is 35.9 Å². The number of amides is 2. The highest BCUT2D eigenvalue weighted by molar-refractivity contribution is 6.01. The molecule has 2 aromatic rings. The van der Waals surface area contributed by atoms with Crippen LogP contribution in [-0.2, 0) is 14.4 Å². The van der Waals surface area contributed by atoms with Crippen molar-refractivity contribution in [2.45, 2.75) is 43.8 Å². The number of benzene rings is 2. The third kappa shape index (κ3) is 3.83. The predicted molar refractivity (Wildman–Crippen MR) is 110 cm³/mol. The maximum absolute atomic E-state index is 13.2. The van der Waals surface area contributed by atoms with Crippen molar-refractivity contribution in [2.24, 2.45) is 0 Å². The Labute approximate surface area is 173 Å². The van der Waals surface area contributed by atoms with Crippen LogP contribution >= 0.6 is 0 Å². The Hall–Kier alpha value is -3.48. The maximum Gasteiger partial charge on any atom is 0.326 e. The summed E-state index contributed by atoms with van der Waals surface area (Å²) in [6, 6.07) is 10.4. The van der Waals surface area contributed by atoms with E-state index >= 15 is 0 Å². The first-order chi connectivity index (χ1) is 14.4. The molecule has 0 aliphatic carbocycles. The molecule has 1 fully saturated rings. The molecule has 0 aromatic heterocycles. The van der Waals surface area contributed by atoms with E-state index in [1.807, 2.05) is 36.4 Å². The van der Waals surface area contributed by atoms with Gasteiger partial charge in [-0.2, -0.15) is 0 Å². The van der Waals surface area contributed by atoms with E-state index in [1.54, 1.807) is 18.2 Å². The van der Waals surface area contributed by atoms with Crippen molar-refractivity contribution in [2.75, 3.05) is 0 Å². The van der Waals surface area contributed by atoms with E-state index in [9.17, 15) is 24.3 Å². The molecule has 7 heteroatoms. The van der Waals surface area contributed by atoms with Gasteiger partial charge < -0.3 is 15.3 Å². The summed E-state index contributed by atoms with van der Waals surface area (Å²) in [7, 11) is 0. The molecule has 2 aliphatic heterocycles. The Kier molecular flexibility index (Phi) is 5.35. The van der Waals surface area contributed by atoms with E-state index in [0.717, 1.165) is 10.8 Å². The summed E-state index contributed by atoms with van der Waals surface area (Å²) in [6.45, 7) is 0. The van der Waals surface area contributed by atoms with Crippen LogP contribution in [0.3, 0.4) is 0 Å². The summed E-state index contributed by atoms with van der Waals surface area (Å²) < 4.78 is 0. The lowest BCUT2D eigenvalue weighted by Crippen LogP contribution is -2.60. The van der Waals surface area contributed by atoms with Crippen molar-refractivity contribution in [3.8, 4) is 0 Å².